The Hall–Kier alpha value is -2.22. The quantitative estimate of drug-likeness (QED) is 0.428. The highest BCUT2D eigenvalue weighted by molar-refractivity contribution is 7.80. The third-order valence-corrected chi connectivity index (χ3v) is 8.51. The Morgan fingerprint density at radius 1 is 1.29 bits per heavy atom. The summed E-state index contributed by atoms with van der Waals surface area (Å²) >= 11 is 5.88. The van der Waals surface area contributed by atoms with Crippen molar-refractivity contribution in [2.24, 2.45) is 17.6 Å². The number of ether oxygens (including phenoxy) is 1. The van der Waals surface area contributed by atoms with E-state index in [0.29, 0.717) is 23.0 Å². The molecule has 2 bridgehead atoms. The van der Waals surface area contributed by atoms with Crippen molar-refractivity contribution in [3.63, 3.8) is 0 Å². The lowest BCUT2D eigenvalue weighted by molar-refractivity contribution is 0.00425. The molecule has 34 heavy (non-hydrogen) atoms. The predicted octanol–water partition coefficient (Wildman–Crippen LogP) is 3.91. The highest BCUT2D eigenvalue weighted by Crippen LogP contribution is 2.42. The second-order valence-electron chi connectivity index (χ2n) is 10.2. The van der Waals surface area contributed by atoms with Gasteiger partial charge in [-0.15, -0.1) is 6.58 Å². The van der Waals surface area contributed by atoms with Gasteiger partial charge in [0.2, 0.25) is 0 Å². The maximum absolute atomic E-state index is 6.41. The normalized spacial score (nSPS) is 31.6. The van der Waals surface area contributed by atoms with Crippen molar-refractivity contribution in [1.29, 1.82) is 0 Å². The zero-order valence-electron chi connectivity index (χ0n) is 20.1. The summed E-state index contributed by atoms with van der Waals surface area (Å²) in [6.45, 7) is 6.29. The summed E-state index contributed by atoms with van der Waals surface area (Å²) in [6, 6.07) is 9.04. The van der Waals surface area contributed by atoms with Crippen LogP contribution in [0.2, 0.25) is 0 Å². The molecule has 182 valence electrons. The van der Waals surface area contributed by atoms with Gasteiger partial charge in [0.1, 0.15) is 5.75 Å². The molecule has 1 aromatic heterocycles. The molecule has 0 radical (unpaired) electrons. The molecule has 4 N–H and O–H groups in total. The molecular formula is C27H37N5OS. The number of fused-ring (bicyclic) bond motifs is 4. The Morgan fingerprint density at radius 3 is 2.88 bits per heavy atom. The number of benzene rings is 1. The van der Waals surface area contributed by atoms with E-state index in [-0.39, 0.29) is 18.1 Å². The second-order valence-corrected chi connectivity index (χ2v) is 10.6. The molecule has 6 rings (SSSR count). The van der Waals surface area contributed by atoms with Crippen molar-refractivity contribution in [2.75, 3.05) is 20.2 Å². The maximum atomic E-state index is 6.41. The Morgan fingerprint density at radius 2 is 2.15 bits per heavy atom. The van der Waals surface area contributed by atoms with Gasteiger partial charge in [0, 0.05) is 36.3 Å². The van der Waals surface area contributed by atoms with Crippen LogP contribution in [0.4, 0.5) is 0 Å². The fraction of sp³-hybridized carbons (Fsp3) is 0.556. The molecule has 3 unspecified atom stereocenters. The molecular weight excluding hydrogens is 442 g/mol. The van der Waals surface area contributed by atoms with Gasteiger partial charge in [-0.2, -0.15) is 0 Å². The van der Waals surface area contributed by atoms with Crippen LogP contribution in [0.25, 0.3) is 10.9 Å². The second kappa shape index (κ2) is 10.2. The molecule has 4 aliphatic rings. The molecule has 7 heteroatoms. The minimum Gasteiger partial charge on any atom is -0.497 e. The molecule has 4 heterocycles. The molecule has 1 aromatic carbocycles. The van der Waals surface area contributed by atoms with Crippen LogP contribution < -0.4 is 21.1 Å². The number of aromatic nitrogens is 1. The average Bonchev–Trinajstić information content (AvgIpc) is 2.88. The Balaban J connectivity index is 1.47. The lowest BCUT2D eigenvalue weighted by Crippen LogP contribution is -2.59. The summed E-state index contributed by atoms with van der Waals surface area (Å²) in [5, 5.41) is 9.12. The number of thiocarbonyl (C=S) groups is 1. The van der Waals surface area contributed by atoms with Gasteiger partial charge in [-0.05, 0) is 86.1 Å². The number of hydrogen-bond donors (Lipinski definition) is 3. The van der Waals surface area contributed by atoms with Crippen molar-refractivity contribution in [3.8, 4) is 5.75 Å². The summed E-state index contributed by atoms with van der Waals surface area (Å²) in [7, 11) is 1.71. The predicted molar refractivity (Wildman–Crippen MR) is 142 cm³/mol. The van der Waals surface area contributed by atoms with Crippen LogP contribution >= 0.6 is 12.2 Å². The fourth-order valence-corrected chi connectivity index (χ4v) is 6.62. The SMILES string of the molecule is C=CC1CN2CCC1C[C@@H]2[C@@H](NC(=S)N[C@H]1CCCC[C@@H]1N)c1ccnc2ccc(OC)cc12. The van der Waals surface area contributed by atoms with E-state index in [4.69, 9.17) is 22.7 Å². The van der Waals surface area contributed by atoms with E-state index >= 15 is 0 Å². The van der Waals surface area contributed by atoms with Crippen molar-refractivity contribution in [2.45, 2.75) is 62.7 Å². The average molecular weight is 480 g/mol. The van der Waals surface area contributed by atoms with E-state index < -0.39 is 0 Å². The standard InChI is InChI=1S/C27H37N5OS/c1-3-17-16-32-13-11-18(17)14-25(32)26(31-27(34)30-24-7-5-4-6-22(24)28)20-10-12-29-23-9-8-19(33-2)15-21(20)23/h3,8-10,12,15,17-18,22,24-26H,1,4-7,11,13-14,16,28H2,2H3,(H2,30,31,34)/t17?,18?,22-,24-,25+,26-/m0/s1. The number of methoxy groups -OCH3 is 1. The summed E-state index contributed by atoms with van der Waals surface area (Å²) in [6.07, 6.45) is 11.0. The van der Waals surface area contributed by atoms with Gasteiger partial charge < -0.3 is 21.1 Å². The third kappa shape index (κ3) is 4.66. The van der Waals surface area contributed by atoms with Gasteiger partial charge in [0.05, 0.1) is 18.7 Å². The van der Waals surface area contributed by atoms with E-state index in [0.717, 1.165) is 49.0 Å². The molecule has 1 aliphatic carbocycles. The fourth-order valence-electron chi connectivity index (χ4n) is 6.34. The van der Waals surface area contributed by atoms with Crippen molar-refractivity contribution < 1.29 is 4.74 Å². The first-order valence-electron chi connectivity index (χ1n) is 12.7. The molecule has 4 fully saturated rings. The lowest BCUT2D eigenvalue weighted by Gasteiger charge is -2.52. The molecule has 0 spiro atoms. The van der Waals surface area contributed by atoms with Crippen molar-refractivity contribution in [1.82, 2.24) is 20.5 Å². The van der Waals surface area contributed by atoms with Crippen molar-refractivity contribution >= 4 is 28.2 Å². The van der Waals surface area contributed by atoms with E-state index in [9.17, 15) is 0 Å². The number of piperidine rings is 3. The van der Waals surface area contributed by atoms with Crippen LogP contribution in [0.5, 0.6) is 5.75 Å². The number of rotatable bonds is 6. The number of hydrogen-bond acceptors (Lipinski definition) is 5. The highest BCUT2D eigenvalue weighted by Gasteiger charge is 2.43. The zero-order valence-corrected chi connectivity index (χ0v) is 20.9. The Bertz CT molecular complexity index is 1040. The van der Waals surface area contributed by atoms with E-state index in [1.54, 1.807) is 7.11 Å². The zero-order chi connectivity index (χ0) is 23.7. The van der Waals surface area contributed by atoms with Crippen molar-refractivity contribution in [3.05, 3.63) is 48.7 Å². The van der Waals surface area contributed by atoms with Crippen LogP contribution in [0.3, 0.4) is 0 Å². The molecule has 1 saturated carbocycles. The van der Waals surface area contributed by atoms with Gasteiger partial charge in [-0.25, -0.2) is 0 Å². The molecule has 7 atom stereocenters. The smallest absolute Gasteiger partial charge is 0.167 e. The van der Waals surface area contributed by atoms with E-state index in [2.05, 4.69) is 45.3 Å². The van der Waals surface area contributed by atoms with Crippen LogP contribution in [-0.4, -0.2) is 53.3 Å². The van der Waals surface area contributed by atoms with E-state index in [1.807, 2.05) is 18.3 Å². The molecule has 3 saturated heterocycles. The monoisotopic (exact) mass is 479 g/mol. The minimum absolute atomic E-state index is 0.0472. The van der Waals surface area contributed by atoms with Crippen LogP contribution in [0.15, 0.2) is 43.1 Å². The Kier molecular flexibility index (Phi) is 7.04. The topological polar surface area (TPSA) is 75.4 Å². The van der Waals surface area contributed by atoms with Gasteiger partial charge >= 0.3 is 0 Å². The van der Waals surface area contributed by atoms with Crippen LogP contribution in [-0.2, 0) is 0 Å². The minimum atomic E-state index is 0.0472. The van der Waals surface area contributed by atoms with Gasteiger partial charge in [0.15, 0.2) is 5.11 Å². The lowest BCUT2D eigenvalue weighted by atomic mass is 9.73. The van der Waals surface area contributed by atoms with Gasteiger partial charge in [-0.1, -0.05) is 18.9 Å². The van der Waals surface area contributed by atoms with Gasteiger partial charge in [0.25, 0.3) is 0 Å². The molecule has 2 aromatic rings. The number of nitrogens with zero attached hydrogens (tertiary/aromatic N) is 2. The summed E-state index contributed by atoms with van der Waals surface area (Å²) in [5.74, 6) is 2.09. The van der Waals surface area contributed by atoms with Crippen LogP contribution in [0.1, 0.15) is 50.1 Å². The van der Waals surface area contributed by atoms with Crippen LogP contribution in [0, 0.1) is 11.8 Å². The Labute approximate surface area is 208 Å². The summed E-state index contributed by atoms with van der Waals surface area (Å²) in [4.78, 5) is 7.26. The van der Waals surface area contributed by atoms with Gasteiger partial charge in [-0.3, -0.25) is 9.88 Å². The largest absolute Gasteiger partial charge is 0.497 e. The third-order valence-electron chi connectivity index (χ3n) is 8.28. The first kappa shape index (κ1) is 23.5. The first-order valence-corrected chi connectivity index (χ1v) is 13.1. The van der Waals surface area contributed by atoms with E-state index in [1.165, 1.54) is 24.8 Å². The summed E-state index contributed by atoms with van der Waals surface area (Å²) in [5.41, 5.74) is 8.60. The molecule has 3 aliphatic heterocycles. The molecule has 0 amide bonds. The maximum Gasteiger partial charge on any atom is 0.167 e. The first-order chi connectivity index (χ1) is 16.6. The highest BCUT2D eigenvalue weighted by atomic mass is 32.1. The number of pyridine rings is 1. The summed E-state index contributed by atoms with van der Waals surface area (Å²) < 4.78 is 5.55. The number of nitrogens with one attached hydrogen (secondary N) is 2. The number of nitrogens with two attached hydrogens (primary N) is 1. The molecule has 6 nitrogen and oxygen atoms in total.